The summed E-state index contributed by atoms with van der Waals surface area (Å²) in [6.07, 6.45) is 3.89. The zero-order valence-electron chi connectivity index (χ0n) is 19.6. The number of likely N-dealkylation sites (N-methyl/N-ethyl adjacent to an activating group) is 2. The number of nitrogen functional groups attached to an aromatic ring is 1. The molecule has 4 aromatic rings. The third kappa shape index (κ3) is 3.94. The summed E-state index contributed by atoms with van der Waals surface area (Å²) in [5.41, 5.74) is 11.6. The third-order valence-electron chi connectivity index (χ3n) is 6.09. The number of ether oxygens (including phenoxy) is 2. The molecule has 0 radical (unpaired) electrons. The van der Waals surface area contributed by atoms with Gasteiger partial charge in [-0.2, -0.15) is 0 Å². The second kappa shape index (κ2) is 9.11. The van der Waals surface area contributed by atoms with Crippen LogP contribution < -0.4 is 30.7 Å². The standard InChI is InChI=1S/C25H29N7O2/c1-27-9-10-31(2)21-14-23(33-3)20(13-18(21)26)30-25-28-8-7-19(29-25)17-15-32-11-12-34-22-6-4-5-16(17)24(22)32/h4-8,13-15,27H,9-12,26H2,1-3H3,(H,28,29,30). The molecule has 0 bridgehead atoms. The molecule has 0 atom stereocenters. The third-order valence-corrected chi connectivity index (χ3v) is 6.09. The highest BCUT2D eigenvalue weighted by Crippen LogP contribution is 2.38. The summed E-state index contributed by atoms with van der Waals surface area (Å²) in [6.45, 7) is 3.15. The van der Waals surface area contributed by atoms with E-state index < -0.39 is 0 Å². The maximum absolute atomic E-state index is 6.38. The van der Waals surface area contributed by atoms with Gasteiger partial charge >= 0.3 is 0 Å². The molecule has 0 unspecified atom stereocenters. The second-order valence-electron chi connectivity index (χ2n) is 8.26. The van der Waals surface area contributed by atoms with Crippen LogP contribution in [0.3, 0.4) is 0 Å². The number of nitrogens with one attached hydrogen (secondary N) is 2. The fourth-order valence-corrected chi connectivity index (χ4v) is 4.35. The van der Waals surface area contributed by atoms with Crippen LogP contribution in [0.25, 0.3) is 22.2 Å². The van der Waals surface area contributed by atoms with Crippen LogP contribution in [0.5, 0.6) is 11.5 Å². The summed E-state index contributed by atoms with van der Waals surface area (Å²) in [4.78, 5) is 11.3. The van der Waals surface area contributed by atoms with E-state index in [-0.39, 0.29) is 0 Å². The summed E-state index contributed by atoms with van der Waals surface area (Å²) in [6, 6.07) is 11.8. The highest BCUT2D eigenvalue weighted by atomic mass is 16.5. The summed E-state index contributed by atoms with van der Waals surface area (Å²) >= 11 is 0. The van der Waals surface area contributed by atoms with E-state index in [4.69, 9.17) is 20.2 Å². The van der Waals surface area contributed by atoms with Crippen LogP contribution in [0, 0.1) is 0 Å². The Morgan fingerprint density at radius 1 is 1.26 bits per heavy atom. The van der Waals surface area contributed by atoms with Crippen LogP contribution in [-0.2, 0) is 6.54 Å². The Balaban J connectivity index is 1.47. The Hall–Kier alpha value is -3.98. The molecular weight excluding hydrogens is 430 g/mol. The molecular formula is C25H29N7O2. The van der Waals surface area contributed by atoms with Crippen molar-refractivity contribution in [3.8, 4) is 22.8 Å². The number of para-hydroxylation sites is 1. The van der Waals surface area contributed by atoms with E-state index in [1.807, 2.05) is 44.4 Å². The fraction of sp³-hybridized carbons (Fsp3) is 0.280. The molecule has 4 N–H and O–H groups in total. The van der Waals surface area contributed by atoms with Crippen molar-refractivity contribution in [2.45, 2.75) is 6.54 Å². The van der Waals surface area contributed by atoms with Gasteiger partial charge in [0.1, 0.15) is 18.1 Å². The first-order valence-corrected chi connectivity index (χ1v) is 11.3. The molecule has 176 valence electrons. The number of nitrogens with zero attached hydrogens (tertiary/aromatic N) is 4. The van der Waals surface area contributed by atoms with Crippen LogP contribution in [0.4, 0.5) is 23.0 Å². The first-order chi connectivity index (χ1) is 16.6. The number of hydrogen-bond acceptors (Lipinski definition) is 8. The van der Waals surface area contributed by atoms with E-state index in [1.54, 1.807) is 13.3 Å². The minimum absolute atomic E-state index is 0.467. The van der Waals surface area contributed by atoms with Crippen LogP contribution in [-0.4, -0.2) is 55.4 Å². The van der Waals surface area contributed by atoms with Crippen molar-refractivity contribution < 1.29 is 9.47 Å². The summed E-state index contributed by atoms with van der Waals surface area (Å²) < 4.78 is 13.7. The summed E-state index contributed by atoms with van der Waals surface area (Å²) in [5, 5.41) is 7.55. The molecule has 0 amide bonds. The van der Waals surface area contributed by atoms with Gasteiger partial charge in [-0.1, -0.05) is 12.1 Å². The molecule has 9 nitrogen and oxygen atoms in total. The molecule has 2 aromatic heterocycles. The molecule has 0 spiro atoms. The van der Waals surface area contributed by atoms with Gasteiger partial charge in [0.05, 0.1) is 41.9 Å². The molecule has 0 aliphatic carbocycles. The van der Waals surface area contributed by atoms with E-state index in [1.165, 1.54) is 0 Å². The molecule has 9 heteroatoms. The first-order valence-electron chi connectivity index (χ1n) is 11.3. The molecule has 34 heavy (non-hydrogen) atoms. The van der Waals surface area contributed by atoms with Crippen molar-refractivity contribution in [2.75, 3.05) is 56.9 Å². The zero-order valence-corrected chi connectivity index (χ0v) is 19.6. The van der Waals surface area contributed by atoms with Crippen molar-refractivity contribution in [1.82, 2.24) is 19.9 Å². The van der Waals surface area contributed by atoms with Crippen molar-refractivity contribution in [3.05, 3.63) is 48.8 Å². The smallest absolute Gasteiger partial charge is 0.227 e. The van der Waals surface area contributed by atoms with Crippen molar-refractivity contribution in [2.24, 2.45) is 0 Å². The predicted molar refractivity (Wildman–Crippen MR) is 136 cm³/mol. The average Bonchev–Trinajstić information content (AvgIpc) is 3.23. The van der Waals surface area contributed by atoms with Gasteiger partial charge in [-0.3, -0.25) is 0 Å². The molecule has 0 saturated heterocycles. The van der Waals surface area contributed by atoms with E-state index in [2.05, 4.69) is 37.3 Å². The number of hydrogen-bond donors (Lipinski definition) is 3. The molecule has 1 aliphatic rings. The molecule has 3 heterocycles. The lowest BCUT2D eigenvalue weighted by atomic mass is 10.1. The van der Waals surface area contributed by atoms with Crippen molar-refractivity contribution in [1.29, 1.82) is 0 Å². The van der Waals surface area contributed by atoms with Crippen molar-refractivity contribution in [3.63, 3.8) is 0 Å². The van der Waals surface area contributed by atoms with Crippen LogP contribution in [0.1, 0.15) is 0 Å². The number of nitrogens with two attached hydrogens (primary N) is 1. The molecule has 0 saturated carbocycles. The van der Waals surface area contributed by atoms with Gasteiger partial charge in [0.15, 0.2) is 0 Å². The first kappa shape index (κ1) is 21.8. The van der Waals surface area contributed by atoms with Crippen LogP contribution >= 0.6 is 0 Å². The minimum atomic E-state index is 0.467. The topological polar surface area (TPSA) is 102 Å². The number of methoxy groups -OCH3 is 1. The predicted octanol–water partition coefficient (Wildman–Crippen LogP) is 3.48. The highest BCUT2D eigenvalue weighted by Gasteiger charge is 2.19. The van der Waals surface area contributed by atoms with E-state index in [0.29, 0.717) is 29.7 Å². The fourth-order valence-electron chi connectivity index (χ4n) is 4.35. The van der Waals surface area contributed by atoms with Gasteiger partial charge in [0, 0.05) is 49.5 Å². The lowest BCUT2D eigenvalue weighted by molar-refractivity contribution is 0.287. The van der Waals surface area contributed by atoms with E-state index in [9.17, 15) is 0 Å². The van der Waals surface area contributed by atoms with Gasteiger partial charge in [-0.25, -0.2) is 9.97 Å². The van der Waals surface area contributed by atoms with Gasteiger partial charge in [0.2, 0.25) is 5.95 Å². The maximum Gasteiger partial charge on any atom is 0.227 e. The van der Waals surface area contributed by atoms with Crippen LogP contribution in [0.2, 0.25) is 0 Å². The Labute approximate surface area is 198 Å². The molecule has 5 rings (SSSR count). The lowest BCUT2D eigenvalue weighted by Crippen LogP contribution is -2.27. The number of aromatic nitrogens is 3. The summed E-state index contributed by atoms with van der Waals surface area (Å²) in [7, 11) is 5.57. The molecule has 0 fully saturated rings. The minimum Gasteiger partial charge on any atom is -0.494 e. The molecule has 2 aromatic carbocycles. The van der Waals surface area contributed by atoms with Crippen LogP contribution in [0.15, 0.2) is 48.8 Å². The quantitative estimate of drug-likeness (QED) is 0.344. The number of benzene rings is 2. The monoisotopic (exact) mass is 459 g/mol. The Morgan fingerprint density at radius 3 is 2.97 bits per heavy atom. The SMILES string of the molecule is CNCCN(C)c1cc(OC)c(Nc2nccc(-c3cn4c5c(cccc35)OCC4)n2)cc1N. The van der Waals surface area contributed by atoms with E-state index in [0.717, 1.165) is 53.2 Å². The normalized spacial score (nSPS) is 12.4. The highest BCUT2D eigenvalue weighted by molar-refractivity contribution is 5.98. The summed E-state index contributed by atoms with van der Waals surface area (Å²) in [5.74, 6) is 2.04. The number of rotatable bonds is 8. The van der Waals surface area contributed by atoms with E-state index >= 15 is 0 Å². The van der Waals surface area contributed by atoms with Crippen molar-refractivity contribution >= 4 is 33.9 Å². The Morgan fingerprint density at radius 2 is 2.15 bits per heavy atom. The number of anilines is 4. The second-order valence-corrected chi connectivity index (χ2v) is 8.26. The Bertz CT molecular complexity index is 1330. The zero-order chi connectivity index (χ0) is 23.7. The largest absolute Gasteiger partial charge is 0.494 e. The maximum atomic E-state index is 6.38. The average molecular weight is 460 g/mol. The van der Waals surface area contributed by atoms with Gasteiger partial charge in [0.25, 0.3) is 0 Å². The van der Waals surface area contributed by atoms with Gasteiger partial charge in [-0.05, 0) is 25.2 Å². The Kier molecular flexibility index (Phi) is 5.85. The van der Waals surface area contributed by atoms with Gasteiger partial charge in [-0.15, -0.1) is 0 Å². The molecule has 1 aliphatic heterocycles. The van der Waals surface area contributed by atoms with Gasteiger partial charge < -0.3 is 35.3 Å². The lowest BCUT2D eigenvalue weighted by Gasteiger charge is -2.23.